The van der Waals surface area contributed by atoms with Crippen molar-refractivity contribution in [3.63, 3.8) is 0 Å². The number of rotatable bonds is 3. The van der Waals surface area contributed by atoms with E-state index in [1.165, 1.54) is 0 Å². The van der Waals surface area contributed by atoms with Crippen molar-refractivity contribution in [3.8, 4) is 5.69 Å². The van der Waals surface area contributed by atoms with Crippen molar-refractivity contribution in [1.82, 2.24) is 15.0 Å². The maximum absolute atomic E-state index is 10.8. The van der Waals surface area contributed by atoms with Crippen LogP contribution in [-0.4, -0.2) is 21.3 Å². The summed E-state index contributed by atoms with van der Waals surface area (Å²) in [5.74, 6) is 0. The number of aldehydes is 1. The largest absolute Gasteiger partial charge is 0.296 e. The number of aromatic nitrogens is 3. The number of halogens is 1. The molecular formula is C12H12ClN3O. The zero-order chi connectivity index (χ0) is 12.4. The molecule has 0 fully saturated rings. The molecule has 0 N–H and O–H groups in total. The summed E-state index contributed by atoms with van der Waals surface area (Å²) >= 11 is 5.91. The van der Waals surface area contributed by atoms with Gasteiger partial charge in [0.1, 0.15) is 5.69 Å². The highest BCUT2D eigenvalue weighted by atomic mass is 35.5. The summed E-state index contributed by atoms with van der Waals surface area (Å²) in [6.07, 6.45) is 1.43. The van der Waals surface area contributed by atoms with Crippen LogP contribution in [0.5, 0.6) is 0 Å². The number of hydrogen-bond donors (Lipinski definition) is 0. The molecule has 1 heterocycles. The molecule has 0 unspecified atom stereocenters. The van der Waals surface area contributed by atoms with Crippen LogP contribution in [-0.2, 0) is 6.42 Å². The quantitative estimate of drug-likeness (QED) is 0.786. The number of benzene rings is 1. The molecule has 0 saturated heterocycles. The number of nitrogens with zero attached hydrogens (tertiary/aromatic N) is 3. The van der Waals surface area contributed by atoms with E-state index < -0.39 is 0 Å². The first-order valence-electron chi connectivity index (χ1n) is 5.33. The first kappa shape index (κ1) is 11.8. The van der Waals surface area contributed by atoms with Gasteiger partial charge in [0, 0.05) is 5.02 Å². The van der Waals surface area contributed by atoms with Crippen molar-refractivity contribution < 1.29 is 4.79 Å². The van der Waals surface area contributed by atoms with Gasteiger partial charge in [0.2, 0.25) is 0 Å². The number of aryl methyl sites for hydroxylation is 1. The van der Waals surface area contributed by atoms with E-state index in [1.807, 2.05) is 26.0 Å². The number of carbonyl (C=O) groups excluding carboxylic acids is 1. The molecule has 0 saturated carbocycles. The van der Waals surface area contributed by atoms with Gasteiger partial charge < -0.3 is 0 Å². The summed E-state index contributed by atoms with van der Waals surface area (Å²) in [6, 6.07) is 5.53. The Morgan fingerprint density at radius 1 is 1.47 bits per heavy atom. The molecule has 0 spiro atoms. The predicted molar refractivity (Wildman–Crippen MR) is 65.9 cm³/mol. The van der Waals surface area contributed by atoms with E-state index in [4.69, 9.17) is 11.6 Å². The van der Waals surface area contributed by atoms with Crippen LogP contribution >= 0.6 is 11.6 Å². The smallest absolute Gasteiger partial charge is 0.172 e. The van der Waals surface area contributed by atoms with E-state index in [1.54, 1.807) is 10.7 Å². The molecule has 4 nitrogen and oxygen atoms in total. The van der Waals surface area contributed by atoms with E-state index in [9.17, 15) is 4.79 Å². The molecule has 0 aliphatic carbocycles. The lowest BCUT2D eigenvalue weighted by Crippen LogP contribution is -2.04. The van der Waals surface area contributed by atoms with Gasteiger partial charge in [0.15, 0.2) is 6.29 Å². The molecule has 0 aliphatic heterocycles. The van der Waals surface area contributed by atoms with Crippen molar-refractivity contribution in [2.45, 2.75) is 20.3 Å². The summed E-state index contributed by atoms with van der Waals surface area (Å²) in [4.78, 5) is 10.8. The van der Waals surface area contributed by atoms with Crippen LogP contribution in [0.15, 0.2) is 18.2 Å². The van der Waals surface area contributed by atoms with Gasteiger partial charge in [-0.1, -0.05) is 23.7 Å². The SMILES string of the molecule is CCc1c(C=O)nnn1-c1ccc(Cl)cc1C. The maximum atomic E-state index is 10.8. The predicted octanol–water partition coefficient (Wildman–Crippen LogP) is 2.60. The molecule has 0 radical (unpaired) electrons. The van der Waals surface area contributed by atoms with Crippen molar-refractivity contribution in [1.29, 1.82) is 0 Å². The van der Waals surface area contributed by atoms with Gasteiger partial charge in [-0.2, -0.15) is 0 Å². The second-order valence-electron chi connectivity index (χ2n) is 3.74. The Hall–Kier alpha value is -1.68. The Morgan fingerprint density at radius 2 is 2.24 bits per heavy atom. The minimum Gasteiger partial charge on any atom is -0.296 e. The van der Waals surface area contributed by atoms with Crippen molar-refractivity contribution >= 4 is 17.9 Å². The molecule has 0 atom stereocenters. The molecule has 1 aromatic heterocycles. The molecule has 0 bridgehead atoms. The van der Waals surface area contributed by atoms with E-state index >= 15 is 0 Å². The summed E-state index contributed by atoms with van der Waals surface area (Å²) in [5, 5.41) is 8.55. The standard InChI is InChI=1S/C12H12ClN3O/c1-3-11-10(7-17)14-15-16(11)12-5-4-9(13)6-8(12)2/h4-7H,3H2,1-2H3. The highest BCUT2D eigenvalue weighted by Gasteiger charge is 2.13. The number of hydrogen-bond acceptors (Lipinski definition) is 3. The molecule has 88 valence electrons. The second-order valence-corrected chi connectivity index (χ2v) is 4.17. The molecule has 0 amide bonds. The monoisotopic (exact) mass is 249 g/mol. The van der Waals surface area contributed by atoms with Crippen molar-refractivity contribution in [2.24, 2.45) is 0 Å². The fourth-order valence-electron chi connectivity index (χ4n) is 1.79. The van der Waals surface area contributed by atoms with Gasteiger partial charge in [-0.25, -0.2) is 4.68 Å². The lowest BCUT2D eigenvalue weighted by Gasteiger charge is -2.08. The topological polar surface area (TPSA) is 47.8 Å². The Bertz CT molecular complexity index is 563. The van der Waals surface area contributed by atoms with Crippen LogP contribution in [0.3, 0.4) is 0 Å². The van der Waals surface area contributed by atoms with Crippen LogP contribution < -0.4 is 0 Å². The minimum absolute atomic E-state index is 0.391. The zero-order valence-electron chi connectivity index (χ0n) is 9.64. The van der Waals surface area contributed by atoms with E-state index in [2.05, 4.69) is 10.3 Å². The van der Waals surface area contributed by atoms with Crippen LogP contribution in [0.2, 0.25) is 5.02 Å². The average molecular weight is 250 g/mol. The molecular weight excluding hydrogens is 238 g/mol. The van der Waals surface area contributed by atoms with Gasteiger partial charge in [-0.15, -0.1) is 5.10 Å². The van der Waals surface area contributed by atoms with Gasteiger partial charge in [-0.3, -0.25) is 4.79 Å². The lowest BCUT2D eigenvalue weighted by molar-refractivity contribution is 0.111. The fourth-order valence-corrected chi connectivity index (χ4v) is 2.01. The lowest BCUT2D eigenvalue weighted by atomic mass is 10.2. The first-order valence-corrected chi connectivity index (χ1v) is 5.71. The van der Waals surface area contributed by atoms with Crippen LogP contribution in [0.4, 0.5) is 0 Å². The van der Waals surface area contributed by atoms with Crippen LogP contribution in [0, 0.1) is 6.92 Å². The van der Waals surface area contributed by atoms with E-state index in [-0.39, 0.29) is 0 Å². The van der Waals surface area contributed by atoms with Gasteiger partial charge in [-0.05, 0) is 37.1 Å². The molecule has 0 aliphatic rings. The fraction of sp³-hybridized carbons (Fsp3) is 0.250. The van der Waals surface area contributed by atoms with Crippen LogP contribution in [0.25, 0.3) is 5.69 Å². The van der Waals surface area contributed by atoms with E-state index in [0.29, 0.717) is 17.1 Å². The molecule has 17 heavy (non-hydrogen) atoms. The van der Waals surface area contributed by atoms with E-state index in [0.717, 1.165) is 23.2 Å². The highest BCUT2D eigenvalue weighted by molar-refractivity contribution is 6.30. The first-order chi connectivity index (χ1) is 8.17. The third-order valence-electron chi connectivity index (χ3n) is 2.63. The van der Waals surface area contributed by atoms with Gasteiger partial charge >= 0.3 is 0 Å². The average Bonchev–Trinajstić information content (AvgIpc) is 2.71. The Kier molecular flexibility index (Phi) is 3.24. The van der Waals surface area contributed by atoms with Crippen molar-refractivity contribution in [2.75, 3.05) is 0 Å². The summed E-state index contributed by atoms with van der Waals surface area (Å²) in [7, 11) is 0. The normalized spacial score (nSPS) is 10.5. The van der Waals surface area contributed by atoms with Gasteiger partial charge in [0.25, 0.3) is 0 Å². The van der Waals surface area contributed by atoms with Crippen LogP contribution in [0.1, 0.15) is 28.7 Å². The van der Waals surface area contributed by atoms with Gasteiger partial charge in [0.05, 0.1) is 11.4 Å². The highest BCUT2D eigenvalue weighted by Crippen LogP contribution is 2.20. The maximum Gasteiger partial charge on any atom is 0.172 e. The third-order valence-corrected chi connectivity index (χ3v) is 2.86. The van der Waals surface area contributed by atoms with Crippen molar-refractivity contribution in [3.05, 3.63) is 40.2 Å². The third kappa shape index (κ3) is 2.08. The zero-order valence-corrected chi connectivity index (χ0v) is 10.4. The Morgan fingerprint density at radius 3 is 2.82 bits per heavy atom. The summed E-state index contributed by atoms with van der Waals surface area (Å²) in [6.45, 7) is 3.91. The number of carbonyl (C=O) groups is 1. The summed E-state index contributed by atoms with van der Waals surface area (Å²) < 4.78 is 1.69. The molecule has 2 aromatic rings. The Balaban J connectivity index is 2.60. The molecule has 5 heteroatoms. The summed E-state index contributed by atoms with van der Waals surface area (Å²) in [5.41, 5.74) is 3.09. The Labute approximate surface area is 104 Å². The minimum atomic E-state index is 0.391. The second kappa shape index (κ2) is 4.67. The molecule has 1 aromatic carbocycles. The molecule has 2 rings (SSSR count).